The van der Waals surface area contributed by atoms with Gasteiger partial charge in [0, 0.05) is 29.0 Å². The lowest BCUT2D eigenvalue weighted by Gasteiger charge is -2.12. The van der Waals surface area contributed by atoms with Gasteiger partial charge in [0.15, 0.2) is 11.5 Å². The van der Waals surface area contributed by atoms with Gasteiger partial charge in [0.05, 0.1) is 12.6 Å². The lowest BCUT2D eigenvalue weighted by molar-refractivity contribution is 0.374. The van der Waals surface area contributed by atoms with Crippen LogP contribution in [-0.2, 0) is 0 Å². The zero-order valence-electron chi connectivity index (χ0n) is 19.9. The molecule has 0 atom stereocenters. The zero-order valence-corrected chi connectivity index (χ0v) is 19.9. The van der Waals surface area contributed by atoms with Crippen LogP contribution in [0.5, 0.6) is 23.0 Å². The van der Waals surface area contributed by atoms with E-state index in [0.29, 0.717) is 28.7 Å². The van der Waals surface area contributed by atoms with Crippen molar-refractivity contribution in [1.82, 2.24) is 4.98 Å². The molecule has 0 amide bonds. The van der Waals surface area contributed by atoms with Gasteiger partial charge in [0.1, 0.15) is 11.5 Å². The van der Waals surface area contributed by atoms with E-state index in [2.05, 4.69) is 62.3 Å². The average molecular weight is 445 g/mol. The van der Waals surface area contributed by atoms with Crippen LogP contribution in [-0.4, -0.2) is 17.2 Å². The molecule has 0 saturated carbocycles. The minimum Gasteiger partial charge on any atom is -0.504 e. The van der Waals surface area contributed by atoms with Gasteiger partial charge in [-0.15, -0.1) is 0 Å². The maximum atomic E-state index is 9.97. The molecule has 2 N–H and O–H groups in total. The van der Waals surface area contributed by atoms with Crippen molar-refractivity contribution >= 4 is 22.3 Å². The molecule has 3 aromatic carbocycles. The van der Waals surface area contributed by atoms with Crippen molar-refractivity contribution in [2.75, 3.05) is 12.4 Å². The Morgan fingerprint density at radius 3 is 2.06 bits per heavy atom. The van der Waals surface area contributed by atoms with Gasteiger partial charge in [-0.1, -0.05) is 46.2 Å². The summed E-state index contributed by atoms with van der Waals surface area (Å²) in [6, 6.07) is 21.3. The fourth-order valence-electron chi connectivity index (χ4n) is 3.24. The van der Waals surface area contributed by atoms with Crippen LogP contribution in [0.1, 0.15) is 45.6 Å². The molecule has 0 unspecified atom stereocenters. The number of nitrogens with zero attached hydrogens (tertiary/aromatic N) is 1. The highest BCUT2D eigenvalue weighted by Gasteiger charge is 2.10. The molecule has 0 fully saturated rings. The van der Waals surface area contributed by atoms with E-state index >= 15 is 0 Å². The molecule has 4 aromatic rings. The maximum Gasteiger partial charge on any atom is 0.161 e. The number of aromatic hydroxyl groups is 1. The van der Waals surface area contributed by atoms with Gasteiger partial charge < -0.3 is 19.9 Å². The Balaban J connectivity index is 0.000000968. The standard InChI is InChI=1S/C25H24N2O3.C3H8/c1-16(2)17-4-6-18(7-5-17)27-19-8-10-20(11-9-19)30-24-12-13-26-22-15-23(28)25(29-3)14-21(22)24;1-3-2/h4-16,27-28H,1-3H3;3H2,1-2H3. The highest BCUT2D eigenvalue weighted by Crippen LogP contribution is 2.36. The molecule has 0 bridgehead atoms. The summed E-state index contributed by atoms with van der Waals surface area (Å²) in [6.45, 7) is 8.62. The Hall–Kier alpha value is -3.73. The van der Waals surface area contributed by atoms with Gasteiger partial charge in [-0.25, -0.2) is 0 Å². The van der Waals surface area contributed by atoms with Crippen LogP contribution in [0.2, 0.25) is 0 Å². The number of benzene rings is 3. The van der Waals surface area contributed by atoms with Crippen LogP contribution in [0, 0.1) is 0 Å². The number of phenols is 1. The van der Waals surface area contributed by atoms with Crippen molar-refractivity contribution in [3.8, 4) is 23.0 Å². The van der Waals surface area contributed by atoms with E-state index in [1.54, 1.807) is 24.4 Å². The van der Waals surface area contributed by atoms with Crippen LogP contribution in [0.15, 0.2) is 72.9 Å². The topological polar surface area (TPSA) is 63.6 Å². The number of phenolic OH excluding ortho intramolecular Hbond substituents is 1. The predicted molar refractivity (Wildman–Crippen MR) is 136 cm³/mol. The monoisotopic (exact) mass is 444 g/mol. The van der Waals surface area contributed by atoms with Gasteiger partial charge in [-0.05, 0) is 60.0 Å². The third-order valence-corrected chi connectivity index (χ3v) is 4.95. The Kier molecular flexibility index (Phi) is 8.14. The number of rotatable bonds is 6. The predicted octanol–water partition coefficient (Wildman–Crippen LogP) is 8.02. The van der Waals surface area contributed by atoms with Crippen LogP contribution in [0.25, 0.3) is 10.9 Å². The van der Waals surface area contributed by atoms with Crippen molar-refractivity contribution in [1.29, 1.82) is 0 Å². The molecule has 1 aromatic heterocycles. The summed E-state index contributed by atoms with van der Waals surface area (Å²) in [5.41, 5.74) is 3.97. The Labute approximate surface area is 196 Å². The van der Waals surface area contributed by atoms with Crippen LogP contribution < -0.4 is 14.8 Å². The summed E-state index contributed by atoms with van der Waals surface area (Å²) < 4.78 is 11.3. The van der Waals surface area contributed by atoms with Crippen LogP contribution in [0.4, 0.5) is 11.4 Å². The van der Waals surface area contributed by atoms with Crippen molar-refractivity contribution < 1.29 is 14.6 Å². The second-order valence-electron chi connectivity index (χ2n) is 8.09. The summed E-state index contributed by atoms with van der Waals surface area (Å²) in [4.78, 5) is 4.29. The fraction of sp³-hybridized carbons (Fsp3) is 0.250. The van der Waals surface area contributed by atoms with E-state index < -0.39 is 0 Å². The number of hydrogen-bond donors (Lipinski definition) is 2. The average Bonchev–Trinajstić information content (AvgIpc) is 2.81. The quantitative estimate of drug-likeness (QED) is 0.315. The van der Waals surface area contributed by atoms with E-state index in [1.807, 2.05) is 24.3 Å². The molecule has 0 aliphatic rings. The molecular formula is C28H32N2O3. The molecule has 0 radical (unpaired) electrons. The molecule has 0 aliphatic heterocycles. The number of aromatic nitrogens is 1. The Morgan fingerprint density at radius 2 is 1.48 bits per heavy atom. The van der Waals surface area contributed by atoms with E-state index in [0.717, 1.165) is 16.8 Å². The first-order chi connectivity index (χ1) is 15.9. The molecule has 4 rings (SSSR count). The first-order valence-electron chi connectivity index (χ1n) is 11.3. The minimum absolute atomic E-state index is 0.0477. The molecule has 0 saturated heterocycles. The zero-order chi connectivity index (χ0) is 23.8. The van der Waals surface area contributed by atoms with E-state index in [4.69, 9.17) is 9.47 Å². The SMILES string of the molecule is CCC.COc1cc2c(Oc3ccc(Nc4ccc(C(C)C)cc4)cc3)ccnc2cc1O. The third kappa shape index (κ3) is 6.16. The minimum atomic E-state index is 0.0477. The summed E-state index contributed by atoms with van der Waals surface area (Å²) >= 11 is 0. The molecule has 5 nitrogen and oxygen atoms in total. The van der Waals surface area contributed by atoms with E-state index in [9.17, 15) is 5.11 Å². The Bertz CT molecular complexity index is 1170. The van der Waals surface area contributed by atoms with Crippen LogP contribution >= 0.6 is 0 Å². The van der Waals surface area contributed by atoms with Gasteiger partial charge in [-0.3, -0.25) is 4.98 Å². The smallest absolute Gasteiger partial charge is 0.161 e. The van der Waals surface area contributed by atoms with Crippen molar-refractivity contribution in [2.24, 2.45) is 0 Å². The molecule has 33 heavy (non-hydrogen) atoms. The number of methoxy groups -OCH3 is 1. The first-order valence-corrected chi connectivity index (χ1v) is 11.3. The van der Waals surface area contributed by atoms with Gasteiger partial charge in [-0.2, -0.15) is 0 Å². The van der Waals surface area contributed by atoms with E-state index in [-0.39, 0.29) is 5.75 Å². The van der Waals surface area contributed by atoms with Crippen molar-refractivity contribution in [3.05, 3.63) is 78.5 Å². The molecule has 0 spiro atoms. The highest BCUT2D eigenvalue weighted by atomic mass is 16.5. The second-order valence-corrected chi connectivity index (χ2v) is 8.09. The lowest BCUT2D eigenvalue weighted by atomic mass is 10.0. The number of pyridine rings is 1. The summed E-state index contributed by atoms with van der Waals surface area (Å²) in [7, 11) is 1.51. The third-order valence-electron chi connectivity index (χ3n) is 4.95. The molecule has 0 aliphatic carbocycles. The number of ether oxygens (including phenoxy) is 2. The number of hydrogen-bond acceptors (Lipinski definition) is 5. The van der Waals surface area contributed by atoms with Crippen LogP contribution in [0.3, 0.4) is 0 Å². The molecule has 5 heteroatoms. The largest absolute Gasteiger partial charge is 0.504 e. The number of nitrogens with one attached hydrogen (secondary N) is 1. The maximum absolute atomic E-state index is 9.97. The number of fused-ring (bicyclic) bond motifs is 1. The molecule has 1 heterocycles. The Morgan fingerprint density at radius 1 is 0.879 bits per heavy atom. The highest BCUT2D eigenvalue weighted by molar-refractivity contribution is 5.88. The fourth-order valence-corrected chi connectivity index (χ4v) is 3.24. The van der Waals surface area contributed by atoms with Gasteiger partial charge in [0.2, 0.25) is 0 Å². The van der Waals surface area contributed by atoms with Gasteiger partial charge >= 0.3 is 0 Å². The van der Waals surface area contributed by atoms with Gasteiger partial charge in [0.25, 0.3) is 0 Å². The summed E-state index contributed by atoms with van der Waals surface area (Å²) in [6.07, 6.45) is 2.90. The molecular weight excluding hydrogens is 412 g/mol. The molecule has 172 valence electrons. The number of anilines is 2. The summed E-state index contributed by atoms with van der Waals surface area (Å²) in [5, 5.41) is 14.1. The lowest BCUT2D eigenvalue weighted by Crippen LogP contribution is -1.93. The second kappa shape index (κ2) is 11.2. The van der Waals surface area contributed by atoms with Crippen molar-refractivity contribution in [3.63, 3.8) is 0 Å². The first kappa shape index (κ1) is 23.9. The van der Waals surface area contributed by atoms with E-state index in [1.165, 1.54) is 19.1 Å². The normalized spacial score (nSPS) is 10.5. The van der Waals surface area contributed by atoms with Crippen molar-refractivity contribution in [2.45, 2.75) is 40.0 Å². The summed E-state index contributed by atoms with van der Waals surface area (Å²) in [5.74, 6) is 2.29.